The molecule has 2 N–H and O–H groups in total. The van der Waals surface area contributed by atoms with Crippen LogP contribution in [0, 0.1) is 0 Å². The predicted molar refractivity (Wildman–Crippen MR) is 62.6 cm³/mol. The van der Waals surface area contributed by atoms with Gasteiger partial charge in [0.05, 0.1) is 6.61 Å². The zero-order valence-corrected chi connectivity index (χ0v) is 10.1. The molecule has 0 aliphatic rings. The van der Waals surface area contributed by atoms with Gasteiger partial charge in [-0.15, -0.1) is 0 Å². The van der Waals surface area contributed by atoms with Crippen molar-refractivity contribution in [1.82, 2.24) is 0 Å². The zero-order valence-electron chi connectivity index (χ0n) is 10.1. The van der Waals surface area contributed by atoms with Crippen LogP contribution in [0.5, 0.6) is 0 Å². The second-order valence-electron chi connectivity index (χ2n) is 3.98. The Balaban J connectivity index is 3.30. The molecule has 0 aromatic heterocycles. The molecular weight excluding hydrogens is 190 g/mol. The molecular formula is C12H25NO2. The molecule has 0 saturated heterocycles. The standard InChI is InChI=1S/C12H25NO2/c1-3-5-6-7-8-10-15-12(14)11(13)9-4-2/h11H,3-10,13H2,1-2H3. The summed E-state index contributed by atoms with van der Waals surface area (Å²) < 4.78 is 5.07. The van der Waals surface area contributed by atoms with Crippen LogP contribution in [0.4, 0.5) is 0 Å². The summed E-state index contributed by atoms with van der Waals surface area (Å²) in [4.78, 5) is 11.3. The summed E-state index contributed by atoms with van der Waals surface area (Å²) in [5.74, 6) is -0.243. The molecule has 0 fully saturated rings. The SMILES string of the molecule is CCCCCCCOC(=O)C(N)CCC. The number of unbranched alkanes of at least 4 members (excludes halogenated alkanes) is 4. The number of carbonyl (C=O) groups is 1. The van der Waals surface area contributed by atoms with E-state index in [0.717, 1.165) is 19.3 Å². The number of hydrogen-bond donors (Lipinski definition) is 1. The summed E-state index contributed by atoms with van der Waals surface area (Å²) in [5, 5.41) is 0. The maximum Gasteiger partial charge on any atom is 0.322 e. The van der Waals surface area contributed by atoms with E-state index in [4.69, 9.17) is 10.5 Å². The fourth-order valence-electron chi connectivity index (χ4n) is 1.41. The van der Waals surface area contributed by atoms with E-state index in [-0.39, 0.29) is 5.97 Å². The Kier molecular flexibility index (Phi) is 9.59. The first-order valence-electron chi connectivity index (χ1n) is 6.14. The molecule has 90 valence electrons. The van der Waals surface area contributed by atoms with Gasteiger partial charge in [0.2, 0.25) is 0 Å². The molecule has 15 heavy (non-hydrogen) atoms. The number of ether oxygens (including phenoxy) is 1. The highest BCUT2D eigenvalue weighted by Gasteiger charge is 2.12. The van der Waals surface area contributed by atoms with Crippen LogP contribution in [0.2, 0.25) is 0 Å². The second-order valence-corrected chi connectivity index (χ2v) is 3.98. The average molecular weight is 215 g/mol. The van der Waals surface area contributed by atoms with Gasteiger partial charge in [-0.3, -0.25) is 4.79 Å². The summed E-state index contributed by atoms with van der Waals surface area (Å²) in [6.45, 7) is 4.72. The number of esters is 1. The van der Waals surface area contributed by atoms with Crippen LogP contribution in [0.25, 0.3) is 0 Å². The first kappa shape index (κ1) is 14.4. The number of rotatable bonds is 9. The van der Waals surface area contributed by atoms with Gasteiger partial charge in [-0.2, -0.15) is 0 Å². The fraction of sp³-hybridized carbons (Fsp3) is 0.917. The van der Waals surface area contributed by atoms with Gasteiger partial charge < -0.3 is 10.5 Å². The molecule has 0 aromatic carbocycles. The summed E-state index contributed by atoms with van der Waals surface area (Å²) in [5.41, 5.74) is 5.62. The highest BCUT2D eigenvalue weighted by molar-refractivity contribution is 5.75. The van der Waals surface area contributed by atoms with Crippen LogP contribution in [0.3, 0.4) is 0 Å². The van der Waals surface area contributed by atoms with Crippen LogP contribution in [-0.2, 0) is 9.53 Å². The van der Waals surface area contributed by atoms with Gasteiger partial charge in [-0.05, 0) is 12.8 Å². The molecule has 1 unspecified atom stereocenters. The van der Waals surface area contributed by atoms with E-state index in [2.05, 4.69) is 6.92 Å². The van der Waals surface area contributed by atoms with E-state index in [1.165, 1.54) is 19.3 Å². The minimum absolute atomic E-state index is 0.243. The number of nitrogens with two attached hydrogens (primary N) is 1. The van der Waals surface area contributed by atoms with Gasteiger partial charge in [0.15, 0.2) is 0 Å². The van der Waals surface area contributed by atoms with Crippen molar-refractivity contribution in [2.45, 2.75) is 64.8 Å². The molecule has 3 nitrogen and oxygen atoms in total. The number of carbonyl (C=O) groups excluding carboxylic acids is 1. The molecule has 0 aliphatic carbocycles. The Morgan fingerprint density at radius 1 is 1.13 bits per heavy atom. The van der Waals surface area contributed by atoms with Crippen molar-refractivity contribution in [3.63, 3.8) is 0 Å². The lowest BCUT2D eigenvalue weighted by molar-refractivity contribution is -0.145. The van der Waals surface area contributed by atoms with E-state index >= 15 is 0 Å². The molecule has 0 aliphatic heterocycles. The van der Waals surface area contributed by atoms with Crippen LogP contribution in [0.15, 0.2) is 0 Å². The summed E-state index contributed by atoms with van der Waals surface area (Å²) in [6, 6.07) is -0.425. The molecule has 0 heterocycles. The van der Waals surface area contributed by atoms with E-state index in [1.807, 2.05) is 6.92 Å². The number of hydrogen-bond acceptors (Lipinski definition) is 3. The molecule has 0 amide bonds. The summed E-state index contributed by atoms with van der Waals surface area (Å²) >= 11 is 0. The third kappa shape index (κ3) is 8.43. The third-order valence-corrected chi connectivity index (χ3v) is 2.39. The Morgan fingerprint density at radius 2 is 1.80 bits per heavy atom. The molecule has 0 bridgehead atoms. The van der Waals surface area contributed by atoms with Crippen LogP contribution in [0.1, 0.15) is 58.8 Å². The van der Waals surface area contributed by atoms with E-state index in [9.17, 15) is 4.79 Å². The van der Waals surface area contributed by atoms with Gasteiger partial charge in [0.25, 0.3) is 0 Å². The summed E-state index contributed by atoms with van der Waals surface area (Å²) in [7, 11) is 0. The average Bonchev–Trinajstić information content (AvgIpc) is 2.23. The smallest absolute Gasteiger partial charge is 0.322 e. The minimum atomic E-state index is -0.425. The van der Waals surface area contributed by atoms with E-state index in [0.29, 0.717) is 13.0 Å². The molecule has 0 rings (SSSR count). The maximum atomic E-state index is 11.3. The predicted octanol–water partition coefficient (Wildman–Crippen LogP) is 2.63. The highest BCUT2D eigenvalue weighted by Crippen LogP contribution is 2.03. The van der Waals surface area contributed by atoms with Gasteiger partial charge in [0.1, 0.15) is 6.04 Å². The van der Waals surface area contributed by atoms with Gasteiger partial charge in [-0.25, -0.2) is 0 Å². The molecule has 0 aromatic rings. The normalized spacial score (nSPS) is 12.5. The van der Waals surface area contributed by atoms with E-state index < -0.39 is 6.04 Å². The molecule has 0 spiro atoms. The van der Waals surface area contributed by atoms with Crippen LogP contribution < -0.4 is 5.73 Å². The summed E-state index contributed by atoms with van der Waals surface area (Å²) in [6.07, 6.45) is 7.48. The van der Waals surface area contributed by atoms with Crippen molar-refractivity contribution in [2.24, 2.45) is 5.73 Å². The first-order chi connectivity index (χ1) is 7.22. The Bertz CT molecular complexity index is 160. The lowest BCUT2D eigenvalue weighted by atomic mass is 10.1. The molecule has 1 atom stereocenters. The molecule has 3 heteroatoms. The van der Waals surface area contributed by atoms with Gasteiger partial charge in [0, 0.05) is 0 Å². The topological polar surface area (TPSA) is 52.3 Å². The van der Waals surface area contributed by atoms with Crippen molar-refractivity contribution >= 4 is 5.97 Å². The Morgan fingerprint density at radius 3 is 2.40 bits per heavy atom. The van der Waals surface area contributed by atoms with Crippen LogP contribution in [-0.4, -0.2) is 18.6 Å². The lowest BCUT2D eigenvalue weighted by Gasteiger charge is -2.10. The monoisotopic (exact) mass is 215 g/mol. The molecule has 0 radical (unpaired) electrons. The van der Waals surface area contributed by atoms with Crippen molar-refractivity contribution in [3.05, 3.63) is 0 Å². The van der Waals surface area contributed by atoms with Crippen molar-refractivity contribution in [3.8, 4) is 0 Å². The van der Waals surface area contributed by atoms with Crippen molar-refractivity contribution < 1.29 is 9.53 Å². The second kappa shape index (κ2) is 9.97. The highest BCUT2D eigenvalue weighted by atomic mass is 16.5. The molecule has 0 saturated carbocycles. The van der Waals surface area contributed by atoms with E-state index in [1.54, 1.807) is 0 Å². The largest absolute Gasteiger partial charge is 0.465 e. The third-order valence-electron chi connectivity index (χ3n) is 2.39. The zero-order chi connectivity index (χ0) is 11.5. The van der Waals surface area contributed by atoms with Gasteiger partial charge >= 0.3 is 5.97 Å². The van der Waals surface area contributed by atoms with Crippen molar-refractivity contribution in [1.29, 1.82) is 0 Å². The quantitative estimate of drug-likeness (QED) is 0.475. The minimum Gasteiger partial charge on any atom is -0.465 e. The van der Waals surface area contributed by atoms with Crippen LogP contribution >= 0.6 is 0 Å². The first-order valence-corrected chi connectivity index (χ1v) is 6.14. The Hall–Kier alpha value is -0.570. The Labute approximate surface area is 93.4 Å². The maximum absolute atomic E-state index is 11.3. The van der Waals surface area contributed by atoms with Crippen molar-refractivity contribution in [2.75, 3.05) is 6.61 Å². The lowest BCUT2D eigenvalue weighted by Crippen LogP contribution is -2.32. The fourth-order valence-corrected chi connectivity index (χ4v) is 1.41. The van der Waals surface area contributed by atoms with Gasteiger partial charge in [-0.1, -0.05) is 46.0 Å².